The van der Waals surface area contributed by atoms with E-state index >= 15 is 0 Å². The van der Waals surface area contributed by atoms with Crippen molar-refractivity contribution in [1.29, 1.82) is 0 Å². The number of primary amides is 1. The van der Waals surface area contributed by atoms with Gasteiger partial charge in [0.15, 0.2) is 0 Å². The summed E-state index contributed by atoms with van der Waals surface area (Å²) in [5, 5.41) is 5.90. The number of nitrogens with two attached hydrogens (primary N) is 1. The summed E-state index contributed by atoms with van der Waals surface area (Å²) < 4.78 is 0. The van der Waals surface area contributed by atoms with E-state index < -0.39 is 23.3 Å². The van der Waals surface area contributed by atoms with Gasteiger partial charge in [0, 0.05) is 41.2 Å². The van der Waals surface area contributed by atoms with E-state index in [1.165, 1.54) is 18.2 Å². The van der Waals surface area contributed by atoms with Gasteiger partial charge in [-0.2, -0.15) is 4.98 Å². The second kappa shape index (κ2) is 8.79. The lowest BCUT2D eigenvalue weighted by Crippen LogP contribution is -2.41. The zero-order valence-electron chi connectivity index (χ0n) is 16.8. The molecule has 3 heterocycles. The van der Waals surface area contributed by atoms with E-state index in [1.54, 1.807) is 0 Å². The number of H-pyrrole nitrogens is 1. The van der Waals surface area contributed by atoms with Crippen molar-refractivity contribution in [2.24, 2.45) is 11.7 Å². The molecule has 32 heavy (non-hydrogen) atoms. The fourth-order valence-electron chi connectivity index (χ4n) is 3.96. The van der Waals surface area contributed by atoms with Crippen LogP contribution in [0.2, 0.25) is 10.0 Å². The van der Waals surface area contributed by atoms with E-state index in [0.29, 0.717) is 41.7 Å². The number of nitrogens with one attached hydrogen (secondary N) is 3. The number of carbonyl (C=O) groups is 3. The molecule has 12 heteroatoms. The topological polar surface area (TPSA) is 150 Å². The number of nitrogens with zero attached hydrogens (tertiary/aromatic N) is 2. The summed E-state index contributed by atoms with van der Waals surface area (Å²) in [6.07, 6.45) is 0.868. The van der Waals surface area contributed by atoms with Crippen molar-refractivity contribution in [2.75, 3.05) is 28.6 Å². The van der Waals surface area contributed by atoms with Crippen LogP contribution in [-0.4, -0.2) is 40.8 Å². The normalized spacial score (nSPS) is 18.6. The van der Waals surface area contributed by atoms with Gasteiger partial charge in [0.05, 0.1) is 11.5 Å². The first-order valence-corrected chi connectivity index (χ1v) is 10.7. The molecule has 5 N–H and O–H groups in total. The van der Waals surface area contributed by atoms with Crippen LogP contribution in [0.1, 0.15) is 30.7 Å². The Morgan fingerprint density at radius 3 is 2.41 bits per heavy atom. The zero-order valence-corrected chi connectivity index (χ0v) is 18.3. The number of hydrogen-bond donors (Lipinski definition) is 4. The Bertz CT molecular complexity index is 1140. The molecule has 0 radical (unpaired) electrons. The maximum atomic E-state index is 12.9. The predicted molar refractivity (Wildman–Crippen MR) is 120 cm³/mol. The smallest absolute Gasteiger partial charge is 0.258 e. The molecule has 1 atom stereocenters. The summed E-state index contributed by atoms with van der Waals surface area (Å²) in [6, 6.07) is 4.54. The number of fused-ring (bicyclic) bond motifs is 1. The van der Waals surface area contributed by atoms with E-state index in [0.717, 1.165) is 0 Å². The van der Waals surface area contributed by atoms with Gasteiger partial charge in [0.2, 0.25) is 23.7 Å². The molecule has 2 aromatic rings. The van der Waals surface area contributed by atoms with Crippen molar-refractivity contribution >= 4 is 58.4 Å². The minimum atomic E-state index is -1.04. The molecule has 0 bridgehead atoms. The largest absolute Gasteiger partial charge is 0.369 e. The predicted octanol–water partition coefficient (Wildman–Crippen LogP) is 1.84. The quantitative estimate of drug-likeness (QED) is 0.526. The van der Waals surface area contributed by atoms with Crippen molar-refractivity contribution in [3.63, 3.8) is 0 Å². The number of aromatic nitrogens is 2. The Kier molecular flexibility index (Phi) is 6.07. The highest BCUT2D eigenvalue weighted by atomic mass is 35.5. The second-order valence-corrected chi connectivity index (χ2v) is 8.64. The zero-order chi connectivity index (χ0) is 23.0. The van der Waals surface area contributed by atoms with Gasteiger partial charge in [-0.3, -0.25) is 24.2 Å². The van der Waals surface area contributed by atoms with Crippen LogP contribution in [0.5, 0.6) is 0 Å². The average Bonchev–Trinajstić information content (AvgIpc) is 2.72. The summed E-state index contributed by atoms with van der Waals surface area (Å²) >= 11 is 11.9. The average molecular weight is 479 g/mol. The SMILES string of the molecule is NC(=O)C1CCN(c2nc3c(c(=O)[nH]2)C(C(=O)Nc2cc(Cl)cc(Cl)c2)CC(=O)N3)CC1. The van der Waals surface area contributed by atoms with E-state index in [-0.39, 0.29) is 35.6 Å². The summed E-state index contributed by atoms with van der Waals surface area (Å²) in [5.74, 6) is -2.29. The van der Waals surface area contributed by atoms with Gasteiger partial charge in [-0.1, -0.05) is 23.2 Å². The first-order valence-electron chi connectivity index (χ1n) is 9.96. The molecular weight excluding hydrogens is 459 g/mol. The Hall–Kier alpha value is -3.11. The summed E-state index contributed by atoms with van der Waals surface area (Å²) in [4.78, 5) is 58.4. The maximum Gasteiger partial charge on any atom is 0.258 e. The van der Waals surface area contributed by atoms with Gasteiger partial charge >= 0.3 is 0 Å². The van der Waals surface area contributed by atoms with Gasteiger partial charge in [0.1, 0.15) is 5.82 Å². The molecule has 0 aliphatic carbocycles. The number of amides is 3. The number of carbonyl (C=O) groups excluding carboxylic acids is 3. The summed E-state index contributed by atoms with van der Waals surface area (Å²) in [5.41, 5.74) is 5.26. The Morgan fingerprint density at radius 1 is 1.12 bits per heavy atom. The molecule has 2 aliphatic rings. The van der Waals surface area contributed by atoms with Gasteiger partial charge in [-0.25, -0.2) is 0 Å². The molecule has 3 amide bonds. The Labute approximate surface area is 192 Å². The van der Waals surface area contributed by atoms with Crippen molar-refractivity contribution < 1.29 is 14.4 Å². The molecule has 1 unspecified atom stereocenters. The molecule has 0 spiro atoms. The van der Waals surface area contributed by atoms with Crippen molar-refractivity contribution in [3.05, 3.63) is 44.2 Å². The number of anilines is 3. The van der Waals surface area contributed by atoms with E-state index in [4.69, 9.17) is 28.9 Å². The minimum Gasteiger partial charge on any atom is -0.369 e. The number of aromatic amines is 1. The van der Waals surface area contributed by atoms with Crippen LogP contribution >= 0.6 is 23.2 Å². The number of rotatable bonds is 4. The van der Waals surface area contributed by atoms with Gasteiger partial charge in [-0.05, 0) is 31.0 Å². The molecule has 168 valence electrons. The number of hydrogen-bond acceptors (Lipinski definition) is 6. The van der Waals surface area contributed by atoms with Gasteiger partial charge < -0.3 is 21.3 Å². The molecular formula is C20H20Cl2N6O4. The highest BCUT2D eigenvalue weighted by Gasteiger charge is 2.35. The van der Waals surface area contributed by atoms with Gasteiger partial charge in [-0.15, -0.1) is 0 Å². The fourth-order valence-corrected chi connectivity index (χ4v) is 4.49. The number of halogens is 2. The molecule has 1 fully saturated rings. The Balaban J connectivity index is 1.60. The molecule has 2 aliphatic heterocycles. The van der Waals surface area contributed by atoms with Crippen LogP contribution in [0.4, 0.5) is 17.5 Å². The maximum absolute atomic E-state index is 12.9. The summed E-state index contributed by atoms with van der Waals surface area (Å²) in [6.45, 7) is 0.950. The molecule has 0 saturated carbocycles. The summed E-state index contributed by atoms with van der Waals surface area (Å²) in [7, 11) is 0. The minimum absolute atomic E-state index is 0.0429. The molecule has 1 saturated heterocycles. The fraction of sp³-hybridized carbons (Fsp3) is 0.350. The van der Waals surface area contributed by atoms with E-state index in [1.807, 2.05) is 4.90 Å². The van der Waals surface area contributed by atoms with Crippen LogP contribution in [0, 0.1) is 5.92 Å². The van der Waals surface area contributed by atoms with E-state index in [9.17, 15) is 19.2 Å². The van der Waals surface area contributed by atoms with Gasteiger partial charge in [0.25, 0.3) is 5.56 Å². The van der Waals surface area contributed by atoms with Crippen LogP contribution < -0.4 is 26.8 Å². The Morgan fingerprint density at radius 2 is 1.78 bits per heavy atom. The highest BCUT2D eigenvalue weighted by molar-refractivity contribution is 6.35. The van der Waals surface area contributed by atoms with Crippen LogP contribution in [0.15, 0.2) is 23.0 Å². The monoisotopic (exact) mass is 478 g/mol. The molecule has 10 nitrogen and oxygen atoms in total. The second-order valence-electron chi connectivity index (χ2n) is 7.77. The number of benzene rings is 1. The first-order chi connectivity index (χ1) is 15.2. The first kappa shape index (κ1) is 22.1. The molecule has 4 rings (SSSR count). The molecule has 1 aromatic carbocycles. The van der Waals surface area contributed by atoms with Crippen molar-refractivity contribution in [3.8, 4) is 0 Å². The highest BCUT2D eigenvalue weighted by Crippen LogP contribution is 2.31. The lowest BCUT2D eigenvalue weighted by atomic mass is 9.92. The van der Waals surface area contributed by atoms with Crippen LogP contribution in [0.25, 0.3) is 0 Å². The third kappa shape index (κ3) is 4.56. The van der Waals surface area contributed by atoms with Crippen LogP contribution in [-0.2, 0) is 14.4 Å². The van der Waals surface area contributed by atoms with Crippen molar-refractivity contribution in [2.45, 2.75) is 25.2 Å². The van der Waals surface area contributed by atoms with E-state index in [2.05, 4.69) is 20.6 Å². The van der Waals surface area contributed by atoms with Crippen molar-refractivity contribution in [1.82, 2.24) is 9.97 Å². The number of piperidine rings is 1. The molecule has 1 aromatic heterocycles. The van der Waals surface area contributed by atoms with Crippen LogP contribution in [0.3, 0.4) is 0 Å². The lowest BCUT2D eigenvalue weighted by molar-refractivity contribution is -0.123. The third-order valence-corrected chi connectivity index (χ3v) is 6.02. The lowest BCUT2D eigenvalue weighted by Gasteiger charge is -2.32. The third-order valence-electron chi connectivity index (χ3n) is 5.58. The standard InChI is InChI=1S/C20H20Cl2N6O4/c21-10-5-11(22)7-12(6-10)24-18(31)13-8-14(29)25-17-15(13)19(32)27-20(26-17)28-3-1-9(2-4-28)16(23)30/h5-7,9,13H,1-4,8H2,(H2,23,30)(H,24,31)(H2,25,26,27,29,32).